The van der Waals surface area contributed by atoms with Crippen LogP contribution in [0.3, 0.4) is 0 Å². The number of carbonyl (C=O) groups excluding carboxylic acids is 2. The van der Waals surface area contributed by atoms with Crippen LogP contribution in [0, 0.1) is 12.7 Å². The van der Waals surface area contributed by atoms with Gasteiger partial charge in [-0.3, -0.25) is 19.5 Å². The highest BCUT2D eigenvalue weighted by atomic mass is 19.1. The Morgan fingerprint density at radius 1 is 1.00 bits per heavy atom. The molecule has 5 aromatic rings. The molecule has 0 aliphatic rings. The molecule has 0 saturated heterocycles. The first-order valence-corrected chi connectivity index (χ1v) is 11.5. The predicted octanol–water partition coefficient (Wildman–Crippen LogP) is 5.45. The molecule has 0 aliphatic heterocycles. The molecule has 0 aliphatic carbocycles. The average Bonchev–Trinajstić information content (AvgIpc) is 3.68. The zero-order valence-corrected chi connectivity index (χ0v) is 19.9. The van der Waals surface area contributed by atoms with Crippen LogP contribution in [0.15, 0.2) is 100 Å². The normalized spacial score (nSPS) is 10.9. The molecule has 0 unspecified atom stereocenters. The number of rotatable bonds is 8. The van der Waals surface area contributed by atoms with Crippen LogP contribution in [0.25, 0.3) is 16.9 Å². The zero-order chi connectivity index (χ0) is 25.8. The summed E-state index contributed by atoms with van der Waals surface area (Å²) in [6.45, 7) is 1.44. The molecule has 0 atom stereocenters. The molecule has 0 bridgehead atoms. The maximum absolute atomic E-state index is 14.4. The van der Waals surface area contributed by atoms with Crippen molar-refractivity contribution < 1.29 is 22.8 Å². The molecule has 8 nitrogen and oxygen atoms in total. The maximum atomic E-state index is 14.4. The Hall–Kier alpha value is -4.92. The van der Waals surface area contributed by atoms with Crippen molar-refractivity contribution in [2.24, 2.45) is 0 Å². The van der Waals surface area contributed by atoms with Gasteiger partial charge in [0.2, 0.25) is 11.9 Å². The third-order valence-electron chi connectivity index (χ3n) is 5.74. The van der Waals surface area contributed by atoms with Gasteiger partial charge < -0.3 is 13.7 Å². The minimum Gasteiger partial charge on any atom is -0.467 e. The number of imidazole rings is 1. The third kappa shape index (κ3) is 5.35. The van der Waals surface area contributed by atoms with Gasteiger partial charge in [0.1, 0.15) is 18.1 Å². The Balaban J connectivity index is 1.44. The number of hydrogen-bond donors (Lipinski definition) is 1. The van der Waals surface area contributed by atoms with E-state index in [4.69, 9.17) is 8.83 Å². The van der Waals surface area contributed by atoms with Crippen LogP contribution in [-0.4, -0.2) is 32.8 Å². The quantitative estimate of drug-likeness (QED) is 0.307. The topological polar surface area (TPSA) is 93.5 Å². The molecule has 0 saturated carbocycles. The van der Waals surface area contributed by atoms with E-state index in [9.17, 15) is 14.0 Å². The summed E-state index contributed by atoms with van der Waals surface area (Å²) in [5.41, 5.74) is 2.42. The van der Waals surface area contributed by atoms with Gasteiger partial charge in [-0.05, 0) is 48.9 Å². The van der Waals surface area contributed by atoms with Gasteiger partial charge in [-0.15, -0.1) is 0 Å². The van der Waals surface area contributed by atoms with Gasteiger partial charge in [0.25, 0.3) is 5.91 Å². The number of benzene rings is 2. The Kier molecular flexibility index (Phi) is 6.67. The minimum atomic E-state index is -0.495. The first-order valence-electron chi connectivity index (χ1n) is 11.5. The van der Waals surface area contributed by atoms with Crippen molar-refractivity contribution in [3.63, 3.8) is 0 Å². The Labute approximate surface area is 212 Å². The van der Waals surface area contributed by atoms with Crippen LogP contribution in [0.4, 0.5) is 10.3 Å². The van der Waals surface area contributed by atoms with E-state index in [1.807, 2.05) is 30.3 Å². The molecular weight excluding hydrogens is 475 g/mol. The summed E-state index contributed by atoms with van der Waals surface area (Å²) in [5.74, 6) is -0.539. The van der Waals surface area contributed by atoms with E-state index in [0.29, 0.717) is 22.7 Å². The number of halogens is 1. The largest absolute Gasteiger partial charge is 0.467 e. The number of nitrogens with one attached hydrogen (secondary N) is 1. The average molecular weight is 499 g/mol. The number of nitrogens with zero attached hydrogens (tertiary/aromatic N) is 3. The van der Waals surface area contributed by atoms with Crippen molar-refractivity contribution in [3.8, 4) is 16.9 Å². The first kappa shape index (κ1) is 23.8. The molecule has 2 amide bonds. The molecular formula is C28H23FN4O4. The second kappa shape index (κ2) is 10.4. The van der Waals surface area contributed by atoms with Crippen LogP contribution in [0.2, 0.25) is 0 Å². The summed E-state index contributed by atoms with van der Waals surface area (Å²) in [6, 6.07) is 20.8. The molecule has 1 N–H and O–H groups in total. The molecule has 5 rings (SSSR count). The highest BCUT2D eigenvalue weighted by Crippen LogP contribution is 2.25. The highest BCUT2D eigenvalue weighted by molar-refractivity contribution is 5.97. The van der Waals surface area contributed by atoms with Gasteiger partial charge in [-0.25, -0.2) is 9.37 Å². The molecule has 186 valence electrons. The molecule has 37 heavy (non-hydrogen) atoms. The van der Waals surface area contributed by atoms with Gasteiger partial charge in [0.15, 0.2) is 5.76 Å². The summed E-state index contributed by atoms with van der Waals surface area (Å²) in [4.78, 5) is 32.1. The maximum Gasteiger partial charge on any atom is 0.290 e. The number of aromatic nitrogens is 2. The fourth-order valence-corrected chi connectivity index (χ4v) is 3.83. The fourth-order valence-electron chi connectivity index (χ4n) is 3.83. The van der Waals surface area contributed by atoms with E-state index in [-0.39, 0.29) is 30.6 Å². The number of aryl methyl sites for hydroxylation is 1. The summed E-state index contributed by atoms with van der Waals surface area (Å²) in [5, 5.41) is 2.78. The van der Waals surface area contributed by atoms with E-state index in [2.05, 4.69) is 10.3 Å². The van der Waals surface area contributed by atoms with Crippen LogP contribution in [-0.2, 0) is 11.3 Å². The monoisotopic (exact) mass is 498 g/mol. The molecule has 9 heteroatoms. The van der Waals surface area contributed by atoms with Gasteiger partial charge in [0, 0.05) is 11.8 Å². The van der Waals surface area contributed by atoms with E-state index >= 15 is 0 Å². The highest BCUT2D eigenvalue weighted by Gasteiger charge is 2.23. The lowest BCUT2D eigenvalue weighted by molar-refractivity contribution is -0.117. The number of furan rings is 2. The molecule has 3 heterocycles. The first-order chi connectivity index (χ1) is 18.0. The van der Waals surface area contributed by atoms with E-state index < -0.39 is 11.8 Å². The molecule has 0 fully saturated rings. The lowest BCUT2D eigenvalue weighted by Gasteiger charge is -2.20. The van der Waals surface area contributed by atoms with E-state index in [1.165, 1.54) is 29.6 Å². The number of amides is 2. The Bertz CT molecular complexity index is 1510. The van der Waals surface area contributed by atoms with Crippen molar-refractivity contribution in [3.05, 3.63) is 114 Å². The summed E-state index contributed by atoms with van der Waals surface area (Å²) >= 11 is 0. The number of anilines is 1. The molecule has 0 radical (unpaired) electrons. The van der Waals surface area contributed by atoms with Crippen molar-refractivity contribution in [2.75, 3.05) is 11.9 Å². The molecule has 2 aromatic carbocycles. The third-order valence-corrected chi connectivity index (χ3v) is 5.74. The second-order valence-corrected chi connectivity index (χ2v) is 8.39. The van der Waals surface area contributed by atoms with E-state index in [1.54, 1.807) is 48.0 Å². The van der Waals surface area contributed by atoms with Crippen LogP contribution in [0.1, 0.15) is 21.9 Å². The lowest BCUT2D eigenvalue weighted by Crippen LogP contribution is -2.37. The standard InChI is InChI=1S/C28H23FN4O4/c1-19-11-12-21(15-23(19)29)33-17-24(20-7-3-2-4-8-20)30-28(33)31-26(34)18-32(16-22-9-5-13-36-22)27(35)25-10-6-14-37-25/h2-15,17H,16,18H2,1H3,(H,30,31,34). The Morgan fingerprint density at radius 3 is 2.49 bits per heavy atom. The van der Waals surface area contributed by atoms with Crippen molar-refractivity contribution in [1.29, 1.82) is 0 Å². The van der Waals surface area contributed by atoms with Crippen molar-refractivity contribution in [1.82, 2.24) is 14.5 Å². The molecule has 3 aromatic heterocycles. The Morgan fingerprint density at radius 2 is 1.78 bits per heavy atom. The van der Waals surface area contributed by atoms with Gasteiger partial charge in [-0.1, -0.05) is 36.4 Å². The predicted molar refractivity (Wildman–Crippen MR) is 134 cm³/mol. The van der Waals surface area contributed by atoms with Gasteiger partial charge in [-0.2, -0.15) is 0 Å². The fraction of sp³-hybridized carbons (Fsp3) is 0.107. The zero-order valence-electron chi connectivity index (χ0n) is 19.9. The van der Waals surface area contributed by atoms with Crippen molar-refractivity contribution in [2.45, 2.75) is 13.5 Å². The van der Waals surface area contributed by atoms with E-state index in [0.717, 1.165) is 5.56 Å². The van der Waals surface area contributed by atoms with Crippen LogP contribution >= 0.6 is 0 Å². The smallest absolute Gasteiger partial charge is 0.290 e. The van der Waals surface area contributed by atoms with Crippen LogP contribution in [0.5, 0.6) is 0 Å². The summed E-state index contributed by atoms with van der Waals surface area (Å²) < 4.78 is 26.6. The lowest BCUT2D eigenvalue weighted by atomic mass is 10.2. The number of carbonyl (C=O) groups is 2. The summed E-state index contributed by atoms with van der Waals surface area (Å²) in [6.07, 6.45) is 4.61. The van der Waals surface area contributed by atoms with Crippen molar-refractivity contribution >= 4 is 17.8 Å². The van der Waals surface area contributed by atoms with Crippen LogP contribution < -0.4 is 5.32 Å². The minimum absolute atomic E-state index is 0.0623. The second-order valence-electron chi connectivity index (χ2n) is 8.39. The van der Waals surface area contributed by atoms with Gasteiger partial charge in [0.05, 0.1) is 30.5 Å². The SMILES string of the molecule is Cc1ccc(-n2cc(-c3ccccc3)nc2NC(=O)CN(Cc2ccco2)C(=O)c2ccco2)cc1F. The molecule has 0 spiro atoms. The van der Waals surface area contributed by atoms with Gasteiger partial charge >= 0.3 is 0 Å². The summed E-state index contributed by atoms with van der Waals surface area (Å²) in [7, 11) is 0. The number of hydrogen-bond acceptors (Lipinski definition) is 5.